The van der Waals surface area contributed by atoms with E-state index < -0.39 is 0 Å². The first-order valence-corrected chi connectivity index (χ1v) is 6.56. The summed E-state index contributed by atoms with van der Waals surface area (Å²) in [7, 11) is 0. The minimum Gasteiger partial charge on any atom is -0.378 e. The predicted octanol–water partition coefficient (Wildman–Crippen LogP) is 2.55. The average Bonchev–Trinajstić information content (AvgIpc) is 2.84. The summed E-state index contributed by atoms with van der Waals surface area (Å²) in [5.74, 6) is 0.666. The van der Waals surface area contributed by atoms with Crippen LogP contribution in [0, 0.1) is 5.92 Å². The Bertz CT molecular complexity index is 328. The van der Waals surface area contributed by atoms with E-state index in [9.17, 15) is 0 Å². The SMILES string of the molecule is CCC1OCCC1CNC(C)c1cccnc1. The van der Waals surface area contributed by atoms with E-state index >= 15 is 0 Å². The third kappa shape index (κ3) is 3.27. The van der Waals surface area contributed by atoms with Crippen molar-refractivity contribution in [3.8, 4) is 0 Å². The van der Waals surface area contributed by atoms with E-state index in [0.29, 0.717) is 18.1 Å². The number of rotatable bonds is 5. The second-order valence-electron chi connectivity index (χ2n) is 4.78. The molecule has 1 saturated heterocycles. The lowest BCUT2D eigenvalue weighted by atomic mass is 9.99. The van der Waals surface area contributed by atoms with Crippen molar-refractivity contribution in [1.29, 1.82) is 0 Å². The van der Waals surface area contributed by atoms with Crippen LogP contribution in [0.25, 0.3) is 0 Å². The topological polar surface area (TPSA) is 34.1 Å². The molecule has 1 N–H and O–H groups in total. The Kier molecular flexibility index (Phi) is 4.51. The molecular weight excluding hydrogens is 212 g/mol. The van der Waals surface area contributed by atoms with Gasteiger partial charge in [-0.3, -0.25) is 4.98 Å². The van der Waals surface area contributed by atoms with Gasteiger partial charge in [-0.25, -0.2) is 0 Å². The second-order valence-corrected chi connectivity index (χ2v) is 4.78. The zero-order valence-corrected chi connectivity index (χ0v) is 10.7. The fraction of sp³-hybridized carbons (Fsp3) is 0.643. The summed E-state index contributed by atoms with van der Waals surface area (Å²) in [6.45, 7) is 6.35. The van der Waals surface area contributed by atoms with Gasteiger partial charge in [0.15, 0.2) is 0 Å². The molecule has 0 amide bonds. The van der Waals surface area contributed by atoms with Crippen LogP contribution in [0.4, 0.5) is 0 Å². The molecule has 0 aliphatic carbocycles. The number of nitrogens with zero attached hydrogens (tertiary/aromatic N) is 1. The Morgan fingerprint density at radius 2 is 2.47 bits per heavy atom. The molecule has 0 saturated carbocycles. The van der Waals surface area contributed by atoms with Gasteiger partial charge in [-0.2, -0.15) is 0 Å². The van der Waals surface area contributed by atoms with Gasteiger partial charge >= 0.3 is 0 Å². The van der Waals surface area contributed by atoms with Crippen molar-refractivity contribution in [3.63, 3.8) is 0 Å². The van der Waals surface area contributed by atoms with E-state index in [1.807, 2.05) is 18.5 Å². The van der Waals surface area contributed by atoms with Crippen molar-refractivity contribution < 1.29 is 4.74 Å². The second kappa shape index (κ2) is 6.12. The zero-order chi connectivity index (χ0) is 12.1. The molecule has 94 valence electrons. The third-order valence-electron chi connectivity index (χ3n) is 3.62. The summed E-state index contributed by atoms with van der Waals surface area (Å²) in [5.41, 5.74) is 1.25. The maximum Gasteiger partial charge on any atom is 0.0613 e. The lowest BCUT2D eigenvalue weighted by molar-refractivity contribution is 0.0867. The van der Waals surface area contributed by atoms with Gasteiger partial charge in [-0.15, -0.1) is 0 Å². The number of ether oxygens (including phenoxy) is 1. The molecule has 2 heterocycles. The van der Waals surface area contributed by atoms with Crippen LogP contribution in [0.3, 0.4) is 0 Å². The highest BCUT2D eigenvalue weighted by Gasteiger charge is 2.26. The molecule has 3 unspecified atom stereocenters. The van der Waals surface area contributed by atoms with Crippen molar-refractivity contribution in [1.82, 2.24) is 10.3 Å². The molecule has 0 radical (unpaired) electrons. The first-order valence-electron chi connectivity index (χ1n) is 6.56. The lowest BCUT2D eigenvalue weighted by Gasteiger charge is -2.20. The smallest absolute Gasteiger partial charge is 0.0613 e. The molecule has 3 atom stereocenters. The summed E-state index contributed by atoms with van der Waals surface area (Å²) in [5, 5.41) is 3.59. The average molecular weight is 234 g/mol. The number of hydrogen-bond acceptors (Lipinski definition) is 3. The maximum absolute atomic E-state index is 5.70. The molecule has 3 heteroatoms. The summed E-state index contributed by atoms with van der Waals surface area (Å²) < 4.78 is 5.70. The van der Waals surface area contributed by atoms with E-state index in [0.717, 1.165) is 19.6 Å². The van der Waals surface area contributed by atoms with Gasteiger partial charge in [-0.1, -0.05) is 13.0 Å². The molecule has 0 bridgehead atoms. The first-order chi connectivity index (χ1) is 8.31. The van der Waals surface area contributed by atoms with Crippen molar-refractivity contribution in [3.05, 3.63) is 30.1 Å². The minimum absolute atomic E-state index is 0.363. The molecule has 1 aliphatic heterocycles. The largest absolute Gasteiger partial charge is 0.378 e. The van der Waals surface area contributed by atoms with Crippen LogP contribution in [-0.2, 0) is 4.74 Å². The highest BCUT2D eigenvalue weighted by atomic mass is 16.5. The van der Waals surface area contributed by atoms with E-state index in [1.54, 1.807) is 0 Å². The Morgan fingerprint density at radius 1 is 1.59 bits per heavy atom. The van der Waals surface area contributed by atoms with Gasteiger partial charge in [0.2, 0.25) is 0 Å². The standard InChI is InChI=1S/C14H22N2O/c1-3-14-13(6-8-17-14)10-16-11(2)12-5-4-7-15-9-12/h4-5,7,9,11,13-14,16H,3,6,8,10H2,1-2H3. The van der Waals surface area contributed by atoms with Crippen LogP contribution < -0.4 is 5.32 Å². The Labute approximate surface area is 104 Å². The van der Waals surface area contributed by atoms with Gasteiger partial charge in [-0.05, 0) is 37.3 Å². The van der Waals surface area contributed by atoms with Gasteiger partial charge in [0.05, 0.1) is 6.10 Å². The van der Waals surface area contributed by atoms with Gasteiger partial charge in [0.1, 0.15) is 0 Å². The summed E-state index contributed by atoms with van der Waals surface area (Å²) >= 11 is 0. The van der Waals surface area contributed by atoms with Crippen LogP contribution in [0.15, 0.2) is 24.5 Å². The highest BCUT2D eigenvalue weighted by molar-refractivity contribution is 5.12. The molecule has 0 spiro atoms. The van der Waals surface area contributed by atoms with E-state index in [1.165, 1.54) is 12.0 Å². The number of nitrogens with one attached hydrogen (secondary N) is 1. The third-order valence-corrected chi connectivity index (χ3v) is 3.62. The Balaban J connectivity index is 1.82. The minimum atomic E-state index is 0.363. The monoisotopic (exact) mass is 234 g/mol. The van der Waals surface area contributed by atoms with Crippen LogP contribution in [0.2, 0.25) is 0 Å². The molecule has 3 nitrogen and oxygen atoms in total. The molecule has 1 aliphatic rings. The summed E-state index contributed by atoms with van der Waals surface area (Å²) in [6.07, 6.45) is 6.50. The van der Waals surface area contributed by atoms with Gasteiger partial charge in [0.25, 0.3) is 0 Å². The fourth-order valence-corrected chi connectivity index (χ4v) is 2.46. The fourth-order valence-electron chi connectivity index (χ4n) is 2.46. The van der Waals surface area contributed by atoms with E-state index in [2.05, 4.69) is 30.2 Å². The lowest BCUT2D eigenvalue weighted by Crippen LogP contribution is -2.30. The molecule has 1 fully saturated rings. The van der Waals surface area contributed by atoms with Crippen molar-refractivity contribution >= 4 is 0 Å². The first kappa shape index (κ1) is 12.5. The quantitative estimate of drug-likeness (QED) is 0.850. The summed E-state index contributed by atoms with van der Waals surface area (Å²) in [6, 6.07) is 4.47. The van der Waals surface area contributed by atoms with Crippen LogP contribution in [0.5, 0.6) is 0 Å². The van der Waals surface area contributed by atoms with Crippen molar-refractivity contribution in [2.75, 3.05) is 13.2 Å². The van der Waals surface area contributed by atoms with Crippen LogP contribution in [0.1, 0.15) is 38.3 Å². The van der Waals surface area contributed by atoms with Crippen LogP contribution >= 0.6 is 0 Å². The van der Waals surface area contributed by atoms with E-state index in [4.69, 9.17) is 4.74 Å². The summed E-state index contributed by atoms with van der Waals surface area (Å²) in [4.78, 5) is 4.15. The predicted molar refractivity (Wildman–Crippen MR) is 68.8 cm³/mol. The van der Waals surface area contributed by atoms with Crippen molar-refractivity contribution in [2.24, 2.45) is 5.92 Å². The van der Waals surface area contributed by atoms with E-state index in [-0.39, 0.29) is 0 Å². The Hall–Kier alpha value is -0.930. The van der Waals surface area contributed by atoms with Gasteiger partial charge < -0.3 is 10.1 Å². The number of aromatic nitrogens is 1. The molecule has 1 aromatic heterocycles. The number of pyridine rings is 1. The van der Waals surface area contributed by atoms with Gasteiger partial charge in [0, 0.05) is 31.6 Å². The molecule has 2 rings (SSSR count). The molecule has 0 aromatic carbocycles. The Morgan fingerprint density at radius 3 is 3.18 bits per heavy atom. The highest BCUT2D eigenvalue weighted by Crippen LogP contribution is 2.23. The maximum atomic E-state index is 5.70. The molecule has 17 heavy (non-hydrogen) atoms. The molecular formula is C14H22N2O. The normalized spacial score (nSPS) is 26.0. The van der Waals surface area contributed by atoms with Crippen molar-refractivity contribution in [2.45, 2.75) is 38.8 Å². The molecule has 1 aromatic rings. The van der Waals surface area contributed by atoms with Crippen LogP contribution in [-0.4, -0.2) is 24.2 Å². The zero-order valence-electron chi connectivity index (χ0n) is 10.7. The number of hydrogen-bond donors (Lipinski definition) is 1.